The molecular formula is C15H19N3O3S. The first-order valence-corrected chi connectivity index (χ1v) is 7.50. The van der Waals surface area contributed by atoms with E-state index in [9.17, 15) is 9.59 Å². The van der Waals surface area contributed by atoms with Crippen LogP contribution in [0.15, 0.2) is 18.2 Å². The average molecular weight is 321 g/mol. The lowest BCUT2D eigenvalue weighted by molar-refractivity contribution is -0.116. The Morgan fingerprint density at radius 1 is 1.45 bits per heavy atom. The van der Waals surface area contributed by atoms with Gasteiger partial charge in [-0.05, 0) is 50.2 Å². The Kier molecular flexibility index (Phi) is 4.97. The molecule has 2 amide bonds. The topological polar surface area (TPSA) is 70.7 Å². The molecule has 0 aliphatic carbocycles. The molecule has 0 unspecified atom stereocenters. The molecule has 1 atom stereocenters. The summed E-state index contributed by atoms with van der Waals surface area (Å²) in [7, 11) is 0. The van der Waals surface area contributed by atoms with Gasteiger partial charge in [0.15, 0.2) is 5.11 Å². The Bertz CT molecular complexity index is 618. The van der Waals surface area contributed by atoms with Crippen LogP contribution in [-0.2, 0) is 16.0 Å². The minimum atomic E-state index is -0.597. The third kappa shape index (κ3) is 3.54. The molecule has 0 aromatic heterocycles. The fourth-order valence-electron chi connectivity index (χ4n) is 2.59. The summed E-state index contributed by atoms with van der Waals surface area (Å²) in [6.07, 6.45) is 0.237. The van der Waals surface area contributed by atoms with Crippen LogP contribution in [0.25, 0.3) is 0 Å². The van der Waals surface area contributed by atoms with Crippen molar-refractivity contribution in [3.05, 3.63) is 23.8 Å². The number of carbonyl (C=O) groups excluding carboxylic acids is 2. The number of ether oxygens (including phenoxy) is 1. The van der Waals surface area contributed by atoms with Gasteiger partial charge in [0, 0.05) is 24.3 Å². The van der Waals surface area contributed by atoms with E-state index in [-0.39, 0.29) is 23.7 Å². The predicted molar refractivity (Wildman–Crippen MR) is 89.1 cm³/mol. The summed E-state index contributed by atoms with van der Waals surface area (Å²) in [5.74, 6) is 0.00984. The molecule has 0 saturated carbocycles. The maximum atomic E-state index is 11.8. The van der Waals surface area contributed by atoms with E-state index >= 15 is 0 Å². The summed E-state index contributed by atoms with van der Waals surface area (Å²) in [5.41, 5.74) is 2.71. The van der Waals surface area contributed by atoms with E-state index in [0.717, 1.165) is 17.7 Å². The first kappa shape index (κ1) is 16.2. The number of nitrogens with one attached hydrogen (secondary N) is 2. The van der Waals surface area contributed by atoms with Gasteiger partial charge in [-0.1, -0.05) is 6.07 Å². The minimum absolute atomic E-state index is 0.00984. The van der Waals surface area contributed by atoms with Gasteiger partial charge in [-0.15, -0.1) is 0 Å². The first-order valence-electron chi connectivity index (χ1n) is 7.09. The van der Waals surface area contributed by atoms with E-state index in [1.165, 1.54) is 0 Å². The smallest absolute Gasteiger partial charge is 0.413 e. The second-order valence-corrected chi connectivity index (χ2v) is 5.49. The molecule has 1 aromatic carbocycles. The molecule has 22 heavy (non-hydrogen) atoms. The number of hydrogen-bond donors (Lipinski definition) is 2. The van der Waals surface area contributed by atoms with Crippen molar-refractivity contribution in [1.82, 2.24) is 5.32 Å². The van der Waals surface area contributed by atoms with Crippen LogP contribution in [0, 0.1) is 0 Å². The van der Waals surface area contributed by atoms with Crippen LogP contribution >= 0.6 is 12.2 Å². The highest BCUT2D eigenvalue weighted by Gasteiger charge is 2.28. The summed E-state index contributed by atoms with van der Waals surface area (Å²) in [6.45, 7) is 5.56. The summed E-state index contributed by atoms with van der Waals surface area (Å²) in [5, 5.41) is 5.49. The van der Waals surface area contributed by atoms with Crippen LogP contribution in [0.1, 0.15) is 26.3 Å². The van der Waals surface area contributed by atoms with Crippen molar-refractivity contribution >= 4 is 40.7 Å². The molecule has 2 N–H and O–H groups in total. The van der Waals surface area contributed by atoms with Crippen LogP contribution in [-0.4, -0.2) is 29.8 Å². The number of fused-ring (bicyclic) bond motifs is 1. The van der Waals surface area contributed by atoms with E-state index in [2.05, 4.69) is 10.6 Å². The molecule has 1 heterocycles. The van der Waals surface area contributed by atoms with E-state index in [1.807, 2.05) is 25.1 Å². The highest BCUT2D eigenvalue weighted by Crippen LogP contribution is 2.34. The van der Waals surface area contributed by atoms with Gasteiger partial charge in [-0.25, -0.2) is 4.79 Å². The Labute approximate surface area is 134 Å². The van der Waals surface area contributed by atoms with Gasteiger partial charge in [0.05, 0.1) is 6.61 Å². The predicted octanol–water partition coefficient (Wildman–Crippen LogP) is 2.43. The molecule has 0 bridgehead atoms. The highest BCUT2D eigenvalue weighted by molar-refractivity contribution is 7.80. The van der Waals surface area contributed by atoms with Crippen LogP contribution in [0.5, 0.6) is 0 Å². The van der Waals surface area contributed by atoms with Gasteiger partial charge in [-0.2, -0.15) is 0 Å². The normalized spacial score (nSPS) is 16.0. The summed E-state index contributed by atoms with van der Waals surface area (Å²) >= 11 is 5.06. The zero-order chi connectivity index (χ0) is 16.3. The fraction of sp³-hybridized carbons (Fsp3) is 0.400. The van der Waals surface area contributed by atoms with Gasteiger partial charge in [0.2, 0.25) is 5.91 Å². The van der Waals surface area contributed by atoms with Crippen molar-refractivity contribution in [1.29, 1.82) is 0 Å². The number of hydrogen-bond acceptors (Lipinski definition) is 4. The van der Waals surface area contributed by atoms with Gasteiger partial charge in [0.1, 0.15) is 0 Å². The monoisotopic (exact) mass is 321 g/mol. The maximum absolute atomic E-state index is 11.8. The Morgan fingerprint density at radius 2 is 2.18 bits per heavy atom. The number of anilines is 2. The number of alkyl carbamates (subject to hydrolysis) is 1. The number of amides is 2. The molecular weight excluding hydrogens is 302 g/mol. The van der Waals surface area contributed by atoms with Gasteiger partial charge >= 0.3 is 6.09 Å². The van der Waals surface area contributed by atoms with Crippen molar-refractivity contribution < 1.29 is 14.3 Å². The SMILES string of the molecule is CCOC(=O)NC(=S)Nc1ccc2c(c1)N(C(C)=O)[C@@H](C)C2. The fourth-order valence-corrected chi connectivity index (χ4v) is 2.79. The van der Waals surface area contributed by atoms with Crippen molar-refractivity contribution in [2.75, 3.05) is 16.8 Å². The number of benzene rings is 1. The minimum Gasteiger partial charge on any atom is -0.450 e. The zero-order valence-electron chi connectivity index (χ0n) is 12.8. The molecule has 1 aliphatic rings. The molecule has 6 nitrogen and oxygen atoms in total. The molecule has 1 aromatic rings. The van der Waals surface area contributed by atoms with Crippen molar-refractivity contribution in [3.8, 4) is 0 Å². The largest absolute Gasteiger partial charge is 0.450 e. The molecule has 118 valence electrons. The molecule has 0 saturated heterocycles. The van der Waals surface area contributed by atoms with E-state index < -0.39 is 6.09 Å². The lowest BCUT2D eigenvalue weighted by Crippen LogP contribution is -2.35. The highest BCUT2D eigenvalue weighted by atomic mass is 32.1. The van der Waals surface area contributed by atoms with Crippen molar-refractivity contribution in [2.24, 2.45) is 0 Å². The van der Waals surface area contributed by atoms with Crippen LogP contribution in [0.4, 0.5) is 16.2 Å². The van der Waals surface area contributed by atoms with E-state index in [0.29, 0.717) is 5.69 Å². The first-order chi connectivity index (χ1) is 10.4. The lowest BCUT2D eigenvalue weighted by atomic mass is 10.1. The second kappa shape index (κ2) is 6.74. The van der Waals surface area contributed by atoms with Crippen LogP contribution in [0.2, 0.25) is 0 Å². The standard InChI is InChI=1S/C15H19N3O3S/c1-4-21-15(20)17-14(22)16-12-6-5-11-7-9(2)18(10(3)19)13(11)8-12/h5-6,8-9H,4,7H2,1-3H3,(H2,16,17,20,22)/t9-/m0/s1. The Balaban J connectivity index is 2.10. The number of rotatable bonds is 2. The summed E-state index contributed by atoms with van der Waals surface area (Å²) < 4.78 is 4.76. The molecule has 0 fully saturated rings. The Morgan fingerprint density at radius 3 is 2.82 bits per heavy atom. The van der Waals surface area contributed by atoms with Gasteiger partial charge < -0.3 is 15.0 Å². The van der Waals surface area contributed by atoms with Gasteiger partial charge in [-0.3, -0.25) is 10.1 Å². The molecule has 1 aliphatic heterocycles. The van der Waals surface area contributed by atoms with Crippen molar-refractivity contribution in [3.63, 3.8) is 0 Å². The zero-order valence-corrected chi connectivity index (χ0v) is 13.6. The van der Waals surface area contributed by atoms with E-state index in [4.69, 9.17) is 17.0 Å². The molecule has 0 radical (unpaired) electrons. The lowest BCUT2D eigenvalue weighted by Gasteiger charge is -2.21. The Hall–Kier alpha value is -2.15. The molecule has 7 heteroatoms. The molecule has 0 spiro atoms. The van der Waals surface area contributed by atoms with Crippen LogP contribution < -0.4 is 15.5 Å². The second-order valence-electron chi connectivity index (χ2n) is 5.09. The number of carbonyl (C=O) groups is 2. The quantitative estimate of drug-likeness (QED) is 0.819. The summed E-state index contributed by atoms with van der Waals surface area (Å²) in [6, 6.07) is 5.84. The van der Waals surface area contributed by atoms with Crippen molar-refractivity contribution in [2.45, 2.75) is 33.2 Å². The molecule has 2 rings (SSSR count). The third-order valence-corrected chi connectivity index (χ3v) is 3.59. The number of nitrogens with zero attached hydrogens (tertiary/aromatic N) is 1. The summed E-state index contributed by atoms with van der Waals surface area (Å²) in [4.78, 5) is 24.8. The maximum Gasteiger partial charge on any atom is 0.413 e. The van der Waals surface area contributed by atoms with E-state index in [1.54, 1.807) is 18.7 Å². The van der Waals surface area contributed by atoms with Crippen LogP contribution in [0.3, 0.4) is 0 Å². The van der Waals surface area contributed by atoms with Gasteiger partial charge in [0.25, 0.3) is 0 Å². The average Bonchev–Trinajstić information content (AvgIpc) is 2.73. The number of thiocarbonyl (C=S) groups is 1. The third-order valence-electron chi connectivity index (χ3n) is 3.39.